The van der Waals surface area contributed by atoms with Crippen molar-refractivity contribution >= 4 is 17.8 Å². The average molecular weight is 274 g/mol. The summed E-state index contributed by atoms with van der Waals surface area (Å²) in [7, 11) is 0. The molecule has 0 radical (unpaired) electrons. The summed E-state index contributed by atoms with van der Waals surface area (Å²) in [6.07, 6.45) is -0.178. The molecule has 19 heavy (non-hydrogen) atoms. The number of carboxylic acid groups (broad SMARTS) is 1. The van der Waals surface area contributed by atoms with Crippen LogP contribution >= 0.6 is 0 Å². The summed E-state index contributed by atoms with van der Waals surface area (Å²) >= 11 is 0. The lowest BCUT2D eigenvalue weighted by atomic mass is 10.0. The van der Waals surface area contributed by atoms with Crippen LogP contribution in [0.15, 0.2) is 0 Å². The Balaban J connectivity index is 4.37. The number of carbonyl (C=O) groups excluding carboxylic acids is 2. The molecule has 0 bridgehead atoms. The summed E-state index contributed by atoms with van der Waals surface area (Å²) in [5, 5.41) is 11.2. The third-order valence-electron chi connectivity index (χ3n) is 2.58. The first-order valence-corrected chi connectivity index (χ1v) is 6.21. The molecule has 4 N–H and O–H groups in total. The highest BCUT2D eigenvalue weighted by Crippen LogP contribution is 2.04. The summed E-state index contributed by atoms with van der Waals surface area (Å²) in [5.74, 6) is -2.02. The van der Waals surface area contributed by atoms with E-state index in [-0.39, 0.29) is 31.0 Å². The summed E-state index contributed by atoms with van der Waals surface area (Å²) in [6, 6.07) is -1.50. The maximum Gasteiger partial charge on any atom is 0.305 e. The Morgan fingerprint density at radius 2 is 1.89 bits per heavy atom. The van der Waals surface area contributed by atoms with Crippen molar-refractivity contribution in [1.82, 2.24) is 5.32 Å². The van der Waals surface area contributed by atoms with E-state index in [1.807, 2.05) is 13.8 Å². The number of nitrogens with one attached hydrogen (secondary N) is 1. The number of carbonyl (C=O) groups is 3. The van der Waals surface area contributed by atoms with E-state index in [1.165, 1.54) is 0 Å². The van der Waals surface area contributed by atoms with Crippen molar-refractivity contribution < 1.29 is 24.2 Å². The highest BCUT2D eigenvalue weighted by Gasteiger charge is 2.23. The minimum Gasteiger partial charge on any atom is -0.481 e. The first kappa shape index (κ1) is 17.4. The van der Waals surface area contributed by atoms with Gasteiger partial charge < -0.3 is 20.9 Å². The summed E-state index contributed by atoms with van der Waals surface area (Å²) in [4.78, 5) is 33.2. The van der Waals surface area contributed by atoms with Crippen molar-refractivity contribution in [1.29, 1.82) is 0 Å². The summed E-state index contributed by atoms with van der Waals surface area (Å²) in [5.41, 5.74) is 5.45. The molecular formula is C12H22N2O5. The van der Waals surface area contributed by atoms with E-state index < -0.39 is 24.3 Å². The molecule has 7 nitrogen and oxygen atoms in total. The average Bonchev–Trinajstić information content (AvgIpc) is 2.32. The van der Waals surface area contributed by atoms with Gasteiger partial charge in [0.2, 0.25) is 5.91 Å². The molecule has 1 amide bonds. The van der Waals surface area contributed by atoms with Crippen LogP contribution in [-0.4, -0.2) is 41.6 Å². The number of hydrogen-bond donors (Lipinski definition) is 3. The summed E-state index contributed by atoms with van der Waals surface area (Å²) in [6.45, 7) is 5.44. The van der Waals surface area contributed by atoms with Crippen molar-refractivity contribution in [2.45, 2.75) is 45.7 Å². The van der Waals surface area contributed by atoms with E-state index in [0.717, 1.165) is 0 Å². The quantitative estimate of drug-likeness (QED) is 0.531. The highest BCUT2D eigenvalue weighted by molar-refractivity contribution is 5.86. The molecular weight excluding hydrogens is 252 g/mol. The van der Waals surface area contributed by atoms with Crippen LogP contribution in [0.5, 0.6) is 0 Å². The van der Waals surface area contributed by atoms with Gasteiger partial charge in [0.25, 0.3) is 0 Å². The lowest BCUT2D eigenvalue weighted by Crippen LogP contribution is -2.49. The lowest BCUT2D eigenvalue weighted by molar-refractivity contribution is -0.145. The molecule has 0 unspecified atom stereocenters. The number of hydrogen-bond acceptors (Lipinski definition) is 5. The predicted octanol–water partition coefficient (Wildman–Crippen LogP) is -0.118. The zero-order valence-electron chi connectivity index (χ0n) is 11.5. The number of ether oxygens (including phenoxy) is 1. The van der Waals surface area contributed by atoms with Gasteiger partial charge in [-0.25, -0.2) is 0 Å². The van der Waals surface area contributed by atoms with E-state index >= 15 is 0 Å². The fourth-order valence-corrected chi connectivity index (χ4v) is 1.26. The molecule has 0 aliphatic heterocycles. The second kappa shape index (κ2) is 8.47. The fraction of sp³-hybridized carbons (Fsp3) is 0.750. The fourth-order valence-electron chi connectivity index (χ4n) is 1.26. The number of nitrogens with two attached hydrogens (primary N) is 1. The Morgan fingerprint density at radius 3 is 2.32 bits per heavy atom. The second-order valence-corrected chi connectivity index (χ2v) is 4.60. The molecule has 2 atom stereocenters. The number of aliphatic carboxylic acids is 1. The zero-order valence-corrected chi connectivity index (χ0v) is 11.5. The largest absolute Gasteiger partial charge is 0.481 e. The third kappa shape index (κ3) is 7.40. The van der Waals surface area contributed by atoms with Crippen LogP contribution in [0.25, 0.3) is 0 Å². The molecule has 7 heteroatoms. The van der Waals surface area contributed by atoms with Gasteiger partial charge in [0.15, 0.2) is 0 Å². The molecule has 0 aromatic rings. The zero-order chi connectivity index (χ0) is 15.0. The number of rotatable bonds is 8. The van der Waals surface area contributed by atoms with Gasteiger partial charge in [-0.05, 0) is 5.92 Å². The van der Waals surface area contributed by atoms with Crippen molar-refractivity contribution in [3.8, 4) is 0 Å². The third-order valence-corrected chi connectivity index (χ3v) is 2.58. The SMILES string of the molecule is CCC(=O)OC[C@@H](NC(=O)[C@H](N)CC(=O)O)C(C)C. The van der Waals surface area contributed by atoms with Gasteiger partial charge in [-0.2, -0.15) is 0 Å². The van der Waals surface area contributed by atoms with Crippen LogP contribution in [0.1, 0.15) is 33.6 Å². The van der Waals surface area contributed by atoms with Gasteiger partial charge in [-0.1, -0.05) is 20.8 Å². The topological polar surface area (TPSA) is 119 Å². The van der Waals surface area contributed by atoms with Gasteiger partial charge in [-0.3, -0.25) is 14.4 Å². The maximum atomic E-state index is 11.7. The van der Waals surface area contributed by atoms with Gasteiger partial charge >= 0.3 is 11.9 Å². The molecule has 0 aliphatic carbocycles. The molecule has 110 valence electrons. The van der Waals surface area contributed by atoms with Gasteiger partial charge in [0.05, 0.1) is 18.5 Å². The van der Waals surface area contributed by atoms with Crippen LogP contribution in [0.4, 0.5) is 0 Å². The standard InChI is InChI=1S/C12H22N2O5/c1-4-11(17)19-6-9(7(2)3)14-12(18)8(13)5-10(15)16/h7-9H,4-6,13H2,1-3H3,(H,14,18)(H,15,16)/t8-,9-/m1/s1. The van der Waals surface area contributed by atoms with E-state index in [4.69, 9.17) is 15.6 Å². The van der Waals surface area contributed by atoms with E-state index in [0.29, 0.717) is 0 Å². The molecule has 0 spiro atoms. The molecule has 0 rings (SSSR count). The van der Waals surface area contributed by atoms with Crippen LogP contribution in [0.3, 0.4) is 0 Å². The number of carboxylic acids is 1. The number of amides is 1. The first-order chi connectivity index (χ1) is 8.77. The molecule has 0 fully saturated rings. The van der Waals surface area contributed by atoms with Crippen LogP contribution in [-0.2, 0) is 19.1 Å². The summed E-state index contributed by atoms with van der Waals surface area (Å²) < 4.78 is 4.97. The van der Waals surface area contributed by atoms with E-state index in [1.54, 1.807) is 6.92 Å². The van der Waals surface area contributed by atoms with E-state index in [9.17, 15) is 14.4 Å². The van der Waals surface area contributed by atoms with Crippen molar-refractivity contribution in [3.05, 3.63) is 0 Å². The van der Waals surface area contributed by atoms with Gasteiger partial charge in [0.1, 0.15) is 6.61 Å². The molecule has 0 saturated heterocycles. The lowest BCUT2D eigenvalue weighted by Gasteiger charge is -2.23. The van der Waals surface area contributed by atoms with Crippen molar-refractivity contribution in [3.63, 3.8) is 0 Å². The van der Waals surface area contributed by atoms with Crippen LogP contribution in [0, 0.1) is 5.92 Å². The second-order valence-electron chi connectivity index (χ2n) is 4.60. The van der Waals surface area contributed by atoms with Crippen molar-refractivity contribution in [2.75, 3.05) is 6.61 Å². The van der Waals surface area contributed by atoms with Gasteiger partial charge in [0, 0.05) is 6.42 Å². The Bertz CT molecular complexity index is 330. The Hall–Kier alpha value is -1.63. The number of esters is 1. The Kier molecular flexibility index (Phi) is 7.74. The highest BCUT2D eigenvalue weighted by atomic mass is 16.5. The van der Waals surface area contributed by atoms with Crippen LogP contribution in [0.2, 0.25) is 0 Å². The molecule has 0 heterocycles. The van der Waals surface area contributed by atoms with Gasteiger partial charge in [-0.15, -0.1) is 0 Å². The molecule has 0 aromatic carbocycles. The monoisotopic (exact) mass is 274 g/mol. The minimum atomic E-state index is -1.14. The Morgan fingerprint density at radius 1 is 1.32 bits per heavy atom. The van der Waals surface area contributed by atoms with E-state index in [2.05, 4.69) is 5.32 Å². The molecule has 0 aromatic heterocycles. The molecule has 0 saturated carbocycles. The van der Waals surface area contributed by atoms with Crippen molar-refractivity contribution in [2.24, 2.45) is 11.7 Å². The maximum absolute atomic E-state index is 11.7. The van der Waals surface area contributed by atoms with Crippen LogP contribution < -0.4 is 11.1 Å². The normalized spacial score (nSPS) is 13.7. The predicted molar refractivity (Wildman–Crippen MR) is 68.2 cm³/mol. The smallest absolute Gasteiger partial charge is 0.305 e. The first-order valence-electron chi connectivity index (χ1n) is 6.21. The minimum absolute atomic E-state index is 0.0330. The Labute approximate surface area is 112 Å². The molecule has 0 aliphatic rings.